The van der Waals surface area contributed by atoms with Gasteiger partial charge in [0.15, 0.2) is 0 Å². The Morgan fingerprint density at radius 1 is 1.33 bits per heavy atom. The number of nitrogens with zero attached hydrogens (tertiary/aromatic N) is 1. The summed E-state index contributed by atoms with van der Waals surface area (Å²) >= 11 is 0. The standard InChI is InChI=1S/C14H23FN2O3S/c1-12(2)20-10-11-21(18,19)17(9-5-8-16)14-7-4-3-6-13(14)15/h3-4,6-7,12H,5,8-11,16H2,1-2H3. The van der Waals surface area contributed by atoms with E-state index in [-0.39, 0.29) is 30.7 Å². The number of para-hydroxylation sites is 1. The van der Waals surface area contributed by atoms with Gasteiger partial charge in [0, 0.05) is 6.54 Å². The number of nitrogens with two attached hydrogens (primary N) is 1. The fourth-order valence-corrected chi connectivity index (χ4v) is 3.18. The second-order valence-electron chi connectivity index (χ2n) is 4.90. The molecule has 21 heavy (non-hydrogen) atoms. The van der Waals surface area contributed by atoms with Crippen molar-refractivity contribution in [2.45, 2.75) is 26.4 Å². The van der Waals surface area contributed by atoms with Crippen LogP contribution in [0.4, 0.5) is 10.1 Å². The number of halogens is 1. The lowest BCUT2D eigenvalue weighted by Crippen LogP contribution is -2.36. The highest BCUT2D eigenvalue weighted by Gasteiger charge is 2.24. The van der Waals surface area contributed by atoms with E-state index in [0.717, 1.165) is 4.31 Å². The van der Waals surface area contributed by atoms with Crippen molar-refractivity contribution >= 4 is 15.7 Å². The van der Waals surface area contributed by atoms with E-state index in [0.29, 0.717) is 13.0 Å². The van der Waals surface area contributed by atoms with Crippen LogP contribution >= 0.6 is 0 Å². The maximum Gasteiger partial charge on any atom is 0.237 e. The minimum absolute atomic E-state index is 0.0499. The Bertz CT molecular complexity index is 535. The normalized spacial score (nSPS) is 11.9. The smallest absolute Gasteiger partial charge is 0.237 e. The Kier molecular flexibility index (Phi) is 7.07. The van der Waals surface area contributed by atoms with Gasteiger partial charge < -0.3 is 10.5 Å². The van der Waals surface area contributed by atoms with Gasteiger partial charge in [0.2, 0.25) is 10.0 Å². The van der Waals surface area contributed by atoms with Crippen LogP contribution in [-0.4, -0.2) is 40.0 Å². The van der Waals surface area contributed by atoms with Crippen LogP contribution in [0, 0.1) is 5.82 Å². The van der Waals surface area contributed by atoms with Crippen LogP contribution in [0.5, 0.6) is 0 Å². The lowest BCUT2D eigenvalue weighted by molar-refractivity contribution is 0.0912. The first-order valence-corrected chi connectivity index (χ1v) is 8.56. The minimum atomic E-state index is -3.65. The van der Waals surface area contributed by atoms with Crippen molar-refractivity contribution in [1.29, 1.82) is 0 Å². The van der Waals surface area contributed by atoms with Crippen LogP contribution < -0.4 is 10.0 Å². The van der Waals surface area contributed by atoms with Crippen molar-refractivity contribution in [2.75, 3.05) is 29.8 Å². The quantitative estimate of drug-likeness (QED) is 0.753. The molecular weight excluding hydrogens is 295 g/mol. The highest BCUT2D eigenvalue weighted by atomic mass is 32.2. The zero-order chi connectivity index (χ0) is 15.9. The summed E-state index contributed by atoms with van der Waals surface area (Å²) < 4.78 is 45.1. The fourth-order valence-electron chi connectivity index (χ4n) is 1.80. The number of ether oxygens (including phenoxy) is 1. The minimum Gasteiger partial charge on any atom is -0.378 e. The SMILES string of the molecule is CC(C)OCCS(=O)(=O)N(CCCN)c1ccccc1F. The van der Waals surface area contributed by atoms with Gasteiger partial charge in [-0.3, -0.25) is 4.31 Å². The Morgan fingerprint density at radius 2 is 2.00 bits per heavy atom. The maximum absolute atomic E-state index is 13.9. The monoisotopic (exact) mass is 318 g/mol. The maximum atomic E-state index is 13.9. The molecule has 1 aromatic rings. The van der Waals surface area contributed by atoms with Gasteiger partial charge in [0.05, 0.1) is 24.2 Å². The summed E-state index contributed by atoms with van der Waals surface area (Å²) in [7, 11) is -3.65. The van der Waals surface area contributed by atoms with Crippen LogP contribution in [0.1, 0.15) is 20.3 Å². The molecule has 2 N–H and O–H groups in total. The molecule has 120 valence electrons. The van der Waals surface area contributed by atoms with E-state index in [1.807, 2.05) is 13.8 Å². The van der Waals surface area contributed by atoms with Gasteiger partial charge in [0.25, 0.3) is 0 Å². The predicted molar refractivity (Wildman–Crippen MR) is 82.3 cm³/mol. The summed E-state index contributed by atoms with van der Waals surface area (Å²) in [6, 6.07) is 5.82. The van der Waals surface area contributed by atoms with Gasteiger partial charge in [-0.1, -0.05) is 12.1 Å². The van der Waals surface area contributed by atoms with E-state index in [9.17, 15) is 12.8 Å². The number of sulfonamides is 1. The summed E-state index contributed by atoms with van der Waals surface area (Å²) in [5, 5.41) is 0. The first-order valence-electron chi connectivity index (χ1n) is 6.95. The summed E-state index contributed by atoms with van der Waals surface area (Å²) in [6.45, 7) is 4.23. The zero-order valence-electron chi connectivity index (χ0n) is 12.5. The van der Waals surface area contributed by atoms with Crippen LogP contribution in [0.15, 0.2) is 24.3 Å². The highest BCUT2D eigenvalue weighted by Crippen LogP contribution is 2.22. The average molecular weight is 318 g/mol. The van der Waals surface area contributed by atoms with E-state index >= 15 is 0 Å². The summed E-state index contributed by atoms with van der Waals surface area (Å²) in [6.07, 6.45) is 0.407. The molecule has 1 rings (SSSR count). The van der Waals surface area contributed by atoms with Gasteiger partial charge >= 0.3 is 0 Å². The molecule has 0 aliphatic carbocycles. The van der Waals surface area contributed by atoms with Crippen LogP contribution in [0.25, 0.3) is 0 Å². The Balaban J connectivity index is 2.93. The van der Waals surface area contributed by atoms with Crippen molar-refractivity contribution in [3.63, 3.8) is 0 Å². The highest BCUT2D eigenvalue weighted by molar-refractivity contribution is 7.92. The van der Waals surface area contributed by atoms with E-state index < -0.39 is 15.8 Å². The first kappa shape index (κ1) is 17.9. The van der Waals surface area contributed by atoms with Crippen LogP contribution in [0.3, 0.4) is 0 Å². The average Bonchev–Trinajstić information content (AvgIpc) is 2.40. The lowest BCUT2D eigenvalue weighted by atomic mass is 10.3. The summed E-state index contributed by atoms with van der Waals surface area (Å²) in [5.41, 5.74) is 5.49. The van der Waals surface area contributed by atoms with E-state index in [2.05, 4.69) is 0 Å². The van der Waals surface area contributed by atoms with E-state index in [4.69, 9.17) is 10.5 Å². The van der Waals surface area contributed by atoms with Crippen LogP contribution in [0.2, 0.25) is 0 Å². The molecule has 1 aromatic carbocycles. The van der Waals surface area contributed by atoms with Crippen molar-refractivity contribution in [2.24, 2.45) is 5.73 Å². The Labute approximate surface area is 125 Å². The molecule has 0 amide bonds. The van der Waals surface area contributed by atoms with Crippen molar-refractivity contribution in [3.05, 3.63) is 30.1 Å². The second-order valence-corrected chi connectivity index (χ2v) is 6.91. The van der Waals surface area contributed by atoms with Crippen LogP contribution in [-0.2, 0) is 14.8 Å². The molecular formula is C14H23FN2O3S. The second kappa shape index (κ2) is 8.31. The Morgan fingerprint density at radius 3 is 2.57 bits per heavy atom. The molecule has 0 atom stereocenters. The fraction of sp³-hybridized carbons (Fsp3) is 0.571. The molecule has 7 heteroatoms. The molecule has 0 radical (unpaired) electrons. The number of benzene rings is 1. The molecule has 0 heterocycles. The molecule has 0 bridgehead atoms. The third-order valence-corrected chi connectivity index (χ3v) is 4.55. The molecule has 5 nitrogen and oxygen atoms in total. The van der Waals surface area contributed by atoms with Crippen molar-refractivity contribution < 1.29 is 17.5 Å². The number of hydrogen-bond acceptors (Lipinski definition) is 4. The van der Waals surface area contributed by atoms with Gasteiger partial charge in [-0.15, -0.1) is 0 Å². The van der Waals surface area contributed by atoms with Crippen molar-refractivity contribution in [1.82, 2.24) is 0 Å². The lowest BCUT2D eigenvalue weighted by Gasteiger charge is -2.25. The molecule has 0 aliphatic heterocycles. The summed E-state index contributed by atoms with van der Waals surface area (Å²) in [4.78, 5) is 0. The zero-order valence-corrected chi connectivity index (χ0v) is 13.3. The predicted octanol–water partition coefficient (Wildman–Crippen LogP) is 1.74. The number of rotatable bonds is 9. The van der Waals surface area contributed by atoms with Gasteiger partial charge in [-0.25, -0.2) is 12.8 Å². The van der Waals surface area contributed by atoms with Gasteiger partial charge in [-0.2, -0.15) is 0 Å². The molecule has 0 saturated heterocycles. The molecule has 0 aromatic heterocycles. The van der Waals surface area contributed by atoms with Crippen molar-refractivity contribution in [3.8, 4) is 0 Å². The molecule has 0 unspecified atom stereocenters. The third kappa shape index (κ3) is 5.61. The molecule has 0 saturated carbocycles. The largest absolute Gasteiger partial charge is 0.378 e. The van der Waals surface area contributed by atoms with E-state index in [1.54, 1.807) is 6.07 Å². The Hall–Kier alpha value is -1.18. The van der Waals surface area contributed by atoms with Gasteiger partial charge in [0.1, 0.15) is 5.82 Å². The number of hydrogen-bond donors (Lipinski definition) is 1. The molecule has 0 aliphatic rings. The first-order chi connectivity index (χ1) is 9.88. The molecule has 0 fully saturated rings. The van der Waals surface area contributed by atoms with Gasteiger partial charge in [-0.05, 0) is 38.9 Å². The van der Waals surface area contributed by atoms with E-state index in [1.165, 1.54) is 18.2 Å². The summed E-state index contributed by atoms with van der Waals surface area (Å²) in [5.74, 6) is -0.757. The molecule has 0 spiro atoms. The third-order valence-electron chi connectivity index (χ3n) is 2.81. The topological polar surface area (TPSA) is 72.6 Å². The number of anilines is 1.